The molecule has 0 bridgehead atoms. The highest BCUT2D eigenvalue weighted by Crippen LogP contribution is 2.32. The topological polar surface area (TPSA) is 35.2 Å². The Morgan fingerprint density at radius 3 is 2.20 bits per heavy atom. The van der Waals surface area contributed by atoms with Crippen molar-refractivity contribution >= 4 is 0 Å². The summed E-state index contributed by atoms with van der Waals surface area (Å²) in [5.74, 6) is -2.15. The first-order valence-corrected chi connectivity index (χ1v) is 5.94. The van der Waals surface area contributed by atoms with Gasteiger partial charge in [-0.15, -0.1) is 0 Å². The normalized spacial score (nSPS) is 13.9. The van der Waals surface area contributed by atoms with Crippen LogP contribution < -0.4 is 10.5 Å². The summed E-state index contributed by atoms with van der Waals surface area (Å²) in [5, 5.41) is 0. The van der Waals surface area contributed by atoms with Gasteiger partial charge in [0.05, 0.1) is 12.6 Å². The fourth-order valence-corrected chi connectivity index (χ4v) is 2.08. The van der Waals surface area contributed by atoms with E-state index in [1.165, 1.54) is 26.2 Å². The van der Waals surface area contributed by atoms with Gasteiger partial charge in [-0.1, -0.05) is 12.1 Å². The number of rotatable bonds is 3. The van der Waals surface area contributed by atoms with Crippen molar-refractivity contribution in [2.45, 2.75) is 12.5 Å². The lowest BCUT2D eigenvalue weighted by molar-refractivity contribution is 0.379. The molecule has 0 aliphatic heterocycles. The fourth-order valence-electron chi connectivity index (χ4n) is 2.08. The number of benzene rings is 2. The molecular weight excluding hydrogens is 267 g/mol. The first-order chi connectivity index (χ1) is 9.36. The molecule has 1 atom stereocenters. The Morgan fingerprint density at radius 1 is 1.05 bits per heavy atom. The van der Waals surface area contributed by atoms with Crippen molar-refractivity contribution in [1.29, 1.82) is 0 Å². The summed E-state index contributed by atoms with van der Waals surface area (Å²) in [6.07, 6.45) is 0. The maximum Gasteiger partial charge on any atom is 0.170 e. The molecular formula is C15H14F3NO. The van der Waals surface area contributed by atoms with Crippen LogP contribution in [0.2, 0.25) is 0 Å². The molecule has 2 nitrogen and oxygen atoms in total. The highest BCUT2D eigenvalue weighted by molar-refractivity contribution is 5.42. The average Bonchev–Trinajstić information content (AvgIpc) is 2.37. The van der Waals surface area contributed by atoms with Crippen molar-refractivity contribution in [1.82, 2.24) is 0 Å². The molecule has 0 amide bonds. The van der Waals surface area contributed by atoms with E-state index in [4.69, 9.17) is 10.5 Å². The van der Waals surface area contributed by atoms with Crippen LogP contribution in [-0.4, -0.2) is 7.11 Å². The van der Waals surface area contributed by atoms with Crippen LogP contribution in [0.5, 0.6) is 5.75 Å². The van der Waals surface area contributed by atoms with Crippen molar-refractivity contribution in [2.75, 3.05) is 7.11 Å². The van der Waals surface area contributed by atoms with E-state index in [1.807, 2.05) is 0 Å². The largest absolute Gasteiger partial charge is 0.494 e. The Balaban J connectivity index is 2.60. The average molecular weight is 281 g/mol. The number of halogens is 3. The molecule has 1 unspecified atom stereocenters. The molecule has 106 valence electrons. The van der Waals surface area contributed by atoms with Crippen LogP contribution in [0.25, 0.3) is 0 Å². The number of hydrogen-bond acceptors (Lipinski definition) is 2. The van der Waals surface area contributed by atoms with Crippen LogP contribution >= 0.6 is 0 Å². The van der Waals surface area contributed by atoms with Gasteiger partial charge in [0, 0.05) is 11.6 Å². The quantitative estimate of drug-likeness (QED) is 0.936. The predicted octanol–water partition coefficient (Wildman–Crippen LogP) is 3.33. The first-order valence-electron chi connectivity index (χ1n) is 5.94. The number of methoxy groups -OCH3 is 1. The number of hydrogen-bond donors (Lipinski definition) is 1. The maximum atomic E-state index is 14.3. The molecule has 0 aliphatic carbocycles. The van der Waals surface area contributed by atoms with Crippen LogP contribution in [-0.2, 0) is 5.54 Å². The van der Waals surface area contributed by atoms with Gasteiger partial charge in [0.2, 0.25) is 0 Å². The van der Waals surface area contributed by atoms with Gasteiger partial charge >= 0.3 is 0 Å². The van der Waals surface area contributed by atoms with Crippen LogP contribution in [0.3, 0.4) is 0 Å². The van der Waals surface area contributed by atoms with E-state index < -0.39 is 23.0 Å². The molecule has 2 N–H and O–H groups in total. The minimum absolute atomic E-state index is 0.0241. The smallest absolute Gasteiger partial charge is 0.170 e. The van der Waals surface area contributed by atoms with Crippen molar-refractivity contribution < 1.29 is 17.9 Å². The first kappa shape index (κ1) is 14.4. The Bertz CT molecular complexity index is 621. The second kappa shape index (κ2) is 5.17. The lowest BCUT2D eigenvalue weighted by Crippen LogP contribution is -2.35. The maximum absolute atomic E-state index is 14.3. The molecule has 0 heterocycles. The zero-order chi connectivity index (χ0) is 14.9. The Morgan fingerprint density at radius 2 is 1.65 bits per heavy atom. The summed E-state index contributed by atoms with van der Waals surface area (Å²) in [4.78, 5) is 0. The third-order valence-corrected chi connectivity index (χ3v) is 3.20. The molecule has 0 radical (unpaired) electrons. The summed E-state index contributed by atoms with van der Waals surface area (Å²) in [7, 11) is 1.33. The molecule has 2 aromatic carbocycles. The molecule has 2 rings (SSSR count). The highest BCUT2D eigenvalue weighted by atomic mass is 19.1. The molecule has 0 spiro atoms. The van der Waals surface area contributed by atoms with Crippen molar-refractivity contribution in [2.24, 2.45) is 5.73 Å². The molecule has 5 heteroatoms. The molecule has 0 aromatic heterocycles. The standard InChI is InChI=1S/C15H14F3NO/c1-15(19,9-6-10(16)8-11(17)7-9)12-4-3-5-13(20-2)14(12)18/h3-8H,19H2,1-2H3. The Labute approximate surface area is 115 Å². The fraction of sp³-hybridized carbons (Fsp3) is 0.200. The molecule has 0 fully saturated rings. The minimum atomic E-state index is -1.39. The minimum Gasteiger partial charge on any atom is -0.494 e. The highest BCUT2D eigenvalue weighted by Gasteiger charge is 2.29. The molecule has 0 saturated heterocycles. The number of nitrogens with two attached hydrogens (primary N) is 1. The lowest BCUT2D eigenvalue weighted by atomic mass is 9.85. The second-order valence-electron chi connectivity index (χ2n) is 4.68. The molecule has 2 aromatic rings. The Kier molecular flexibility index (Phi) is 3.72. The van der Waals surface area contributed by atoms with E-state index in [9.17, 15) is 13.2 Å². The van der Waals surface area contributed by atoms with E-state index in [1.54, 1.807) is 6.07 Å². The summed E-state index contributed by atoms with van der Waals surface area (Å²) >= 11 is 0. The SMILES string of the molecule is COc1cccc(C(C)(N)c2cc(F)cc(F)c2)c1F. The van der Waals surface area contributed by atoms with E-state index in [2.05, 4.69) is 0 Å². The zero-order valence-electron chi connectivity index (χ0n) is 11.1. The summed E-state index contributed by atoms with van der Waals surface area (Å²) < 4.78 is 45.8. The third-order valence-electron chi connectivity index (χ3n) is 3.20. The van der Waals surface area contributed by atoms with E-state index in [0.29, 0.717) is 0 Å². The summed E-state index contributed by atoms with van der Waals surface area (Å²) in [6, 6.07) is 7.38. The third kappa shape index (κ3) is 2.49. The van der Waals surface area contributed by atoms with Gasteiger partial charge in [-0.2, -0.15) is 0 Å². The summed E-state index contributed by atoms with van der Waals surface area (Å²) in [6.45, 7) is 1.49. The van der Waals surface area contributed by atoms with Gasteiger partial charge in [0.15, 0.2) is 11.6 Å². The van der Waals surface area contributed by atoms with Crippen LogP contribution in [0.4, 0.5) is 13.2 Å². The number of ether oxygens (including phenoxy) is 1. The van der Waals surface area contributed by atoms with Crippen LogP contribution in [0.15, 0.2) is 36.4 Å². The monoisotopic (exact) mass is 281 g/mol. The Hall–Kier alpha value is -2.01. The van der Waals surface area contributed by atoms with Crippen molar-refractivity contribution in [3.05, 3.63) is 65.0 Å². The summed E-state index contributed by atoms with van der Waals surface area (Å²) in [5.41, 5.74) is 4.95. The predicted molar refractivity (Wildman–Crippen MR) is 70.0 cm³/mol. The van der Waals surface area contributed by atoms with Gasteiger partial charge in [-0.25, -0.2) is 13.2 Å². The van der Waals surface area contributed by atoms with Crippen LogP contribution in [0.1, 0.15) is 18.1 Å². The van der Waals surface area contributed by atoms with E-state index in [0.717, 1.165) is 18.2 Å². The van der Waals surface area contributed by atoms with Gasteiger partial charge in [0.25, 0.3) is 0 Å². The lowest BCUT2D eigenvalue weighted by Gasteiger charge is -2.27. The van der Waals surface area contributed by atoms with Gasteiger partial charge in [-0.3, -0.25) is 0 Å². The second-order valence-corrected chi connectivity index (χ2v) is 4.68. The molecule has 0 saturated carbocycles. The van der Waals surface area contributed by atoms with Gasteiger partial charge in [-0.05, 0) is 30.7 Å². The van der Waals surface area contributed by atoms with E-state index in [-0.39, 0.29) is 16.9 Å². The van der Waals surface area contributed by atoms with E-state index >= 15 is 0 Å². The van der Waals surface area contributed by atoms with Crippen LogP contribution in [0, 0.1) is 17.5 Å². The van der Waals surface area contributed by atoms with Gasteiger partial charge in [0.1, 0.15) is 11.6 Å². The molecule has 0 aliphatic rings. The van der Waals surface area contributed by atoms with Crippen molar-refractivity contribution in [3.63, 3.8) is 0 Å². The zero-order valence-corrected chi connectivity index (χ0v) is 11.1. The van der Waals surface area contributed by atoms with Crippen molar-refractivity contribution in [3.8, 4) is 5.75 Å². The van der Waals surface area contributed by atoms with Gasteiger partial charge < -0.3 is 10.5 Å². The molecule has 20 heavy (non-hydrogen) atoms.